The van der Waals surface area contributed by atoms with Gasteiger partial charge in [-0.2, -0.15) is 0 Å². The molecule has 0 aliphatic carbocycles. The van der Waals surface area contributed by atoms with E-state index in [1.807, 2.05) is 23.1 Å². The highest BCUT2D eigenvalue weighted by molar-refractivity contribution is 9.10. The van der Waals surface area contributed by atoms with Crippen molar-refractivity contribution in [3.8, 4) is 0 Å². The monoisotopic (exact) mass is 260 g/mol. The highest BCUT2D eigenvalue weighted by atomic mass is 79.9. The molecule has 0 bridgehead atoms. The van der Waals surface area contributed by atoms with Crippen molar-refractivity contribution in [1.29, 1.82) is 0 Å². The zero-order valence-corrected chi connectivity index (χ0v) is 9.31. The summed E-state index contributed by atoms with van der Waals surface area (Å²) in [6.07, 6.45) is 0. The Labute approximate surface area is 91.3 Å². The van der Waals surface area contributed by atoms with Crippen molar-refractivity contribution in [2.45, 2.75) is 0 Å². The third kappa shape index (κ3) is 3.25. The summed E-state index contributed by atoms with van der Waals surface area (Å²) < 4.78 is 0.746. The second-order valence-electron chi connectivity index (χ2n) is 2.75. The van der Waals surface area contributed by atoms with Crippen molar-refractivity contribution >= 4 is 21.7 Å². The Balaban J connectivity index is 2.75. The third-order valence-corrected chi connectivity index (χ3v) is 2.21. The summed E-state index contributed by atoms with van der Waals surface area (Å²) in [5.74, 6) is 0.752. The lowest BCUT2D eigenvalue weighted by atomic mass is 10.4. The average molecular weight is 261 g/mol. The molecule has 0 aromatic carbocycles. The van der Waals surface area contributed by atoms with E-state index in [9.17, 15) is 0 Å². The quantitative estimate of drug-likeness (QED) is 0.763. The highest BCUT2D eigenvalue weighted by Gasteiger charge is 2.06. The zero-order chi connectivity index (χ0) is 10.4. The molecule has 0 unspecified atom stereocenters. The average Bonchev–Trinajstić information content (AvgIpc) is 2.17. The molecule has 78 valence electrons. The maximum Gasteiger partial charge on any atom is 0.130 e. The maximum absolute atomic E-state index is 8.83. The van der Waals surface area contributed by atoms with Gasteiger partial charge in [0.05, 0.1) is 13.2 Å². The minimum Gasteiger partial charge on any atom is -0.395 e. The Kier molecular flexibility index (Phi) is 4.86. The second-order valence-corrected chi connectivity index (χ2v) is 3.57. The van der Waals surface area contributed by atoms with Gasteiger partial charge in [0.1, 0.15) is 10.4 Å². The molecule has 14 heavy (non-hydrogen) atoms. The van der Waals surface area contributed by atoms with Gasteiger partial charge >= 0.3 is 0 Å². The zero-order valence-electron chi connectivity index (χ0n) is 7.73. The standard InChI is InChI=1S/C9H13BrN2O2/c10-8-2-1-3-9(11-8)12(4-6-13)5-7-14/h1-3,13-14H,4-7H2. The molecule has 0 radical (unpaired) electrons. The third-order valence-electron chi connectivity index (χ3n) is 1.76. The van der Waals surface area contributed by atoms with Crippen LogP contribution in [0, 0.1) is 0 Å². The SMILES string of the molecule is OCCN(CCO)c1cccc(Br)n1. The number of aliphatic hydroxyl groups is 2. The Bertz CT molecular complexity index is 277. The Hall–Kier alpha value is -0.650. The summed E-state index contributed by atoms with van der Waals surface area (Å²) in [6, 6.07) is 5.55. The molecule has 0 aliphatic heterocycles. The molecule has 5 heteroatoms. The number of nitrogens with zero attached hydrogens (tertiary/aromatic N) is 2. The van der Waals surface area contributed by atoms with Crippen LogP contribution in [0.2, 0.25) is 0 Å². The van der Waals surface area contributed by atoms with Crippen molar-refractivity contribution in [1.82, 2.24) is 4.98 Å². The van der Waals surface area contributed by atoms with Crippen LogP contribution in [0.15, 0.2) is 22.8 Å². The summed E-state index contributed by atoms with van der Waals surface area (Å²) in [4.78, 5) is 6.06. The fourth-order valence-electron chi connectivity index (χ4n) is 1.16. The number of anilines is 1. The summed E-state index contributed by atoms with van der Waals surface area (Å²) in [5.41, 5.74) is 0. The van der Waals surface area contributed by atoms with Crippen LogP contribution in [0.1, 0.15) is 0 Å². The summed E-state index contributed by atoms with van der Waals surface area (Å²) in [7, 11) is 0. The summed E-state index contributed by atoms with van der Waals surface area (Å²) in [5, 5.41) is 17.7. The lowest BCUT2D eigenvalue weighted by molar-refractivity contribution is 0.280. The van der Waals surface area contributed by atoms with Gasteiger partial charge in [-0.15, -0.1) is 0 Å². The van der Waals surface area contributed by atoms with Crippen LogP contribution < -0.4 is 4.90 Å². The van der Waals surface area contributed by atoms with Crippen LogP contribution >= 0.6 is 15.9 Å². The van der Waals surface area contributed by atoms with E-state index in [-0.39, 0.29) is 13.2 Å². The van der Waals surface area contributed by atoms with Crippen molar-refractivity contribution in [3.63, 3.8) is 0 Å². The first-order valence-corrected chi connectivity index (χ1v) is 5.16. The van der Waals surface area contributed by atoms with Crippen LogP contribution in [0.5, 0.6) is 0 Å². The van der Waals surface area contributed by atoms with E-state index in [0.717, 1.165) is 10.4 Å². The molecule has 1 aromatic rings. The lowest BCUT2D eigenvalue weighted by Crippen LogP contribution is -2.30. The van der Waals surface area contributed by atoms with Gasteiger partial charge in [-0.3, -0.25) is 0 Å². The first-order valence-electron chi connectivity index (χ1n) is 4.37. The minimum absolute atomic E-state index is 0.0498. The summed E-state index contributed by atoms with van der Waals surface area (Å²) >= 11 is 3.27. The molecular weight excluding hydrogens is 248 g/mol. The van der Waals surface area contributed by atoms with Crippen LogP contribution in [-0.2, 0) is 0 Å². The van der Waals surface area contributed by atoms with E-state index in [4.69, 9.17) is 10.2 Å². The van der Waals surface area contributed by atoms with E-state index >= 15 is 0 Å². The fourth-order valence-corrected chi connectivity index (χ4v) is 1.49. The van der Waals surface area contributed by atoms with Crippen LogP contribution in [0.3, 0.4) is 0 Å². The van der Waals surface area contributed by atoms with Gasteiger partial charge in [0.25, 0.3) is 0 Å². The van der Waals surface area contributed by atoms with Gasteiger partial charge in [-0.1, -0.05) is 6.07 Å². The Morgan fingerprint density at radius 2 is 1.86 bits per heavy atom. The largest absolute Gasteiger partial charge is 0.395 e. The molecule has 0 aliphatic rings. The van der Waals surface area contributed by atoms with Crippen LogP contribution in [0.4, 0.5) is 5.82 Å². The van der Waals surface area contributed by atoms with Gasteiger partial charge in [0.15, 0.2) is 0 Å². The first-order chi connectivity index (χ1) is 6.77. The molecule has 0 atom stereocenters. The van der Waals surface area contributed by atoms with Crippen LogP contribution in [-0.4, -0.2) is 41.5 Å². The number of aromatic nitrogens is 1. The van der Waals surface area contributed by atoms with Crippen molar-refractivity contribution < 1.29 is 10.2 Å². The fraction of sp³-hybridized carbons (Fsp3) is 0.444. The van der Waals surface area contributed by atoms with E-state index < -0.39 is 0 Å². The molecule has 1 aromatic heterocycles. The predicted octanol–water partition coefficient (Wildman–Crippen LogP) is 0.635. The molecule has 0 saturated heterocycles. The summed E-state index contributed by atoms with van der Waals surface area (Å²) in [6.45, 7) is 1.05. The topological polar surface area (TPSA) is 56.6 Å². The molecule has 0 spiro atoms. The van der Waals surface area contributed by atoms with Crippen molar-refractivity contribution in [2.75, 3.05) is 31.2 Å². The van der Waals surface area contributed by atoms with E-state index in [1.54, 1.807) is 0 Å². The number of hydrogen-bond donors (Lipinski definition) is 2. The van der Waals surface area contributed by atoms with Crippen molar-refractivity contribution in [2.24, 2.45) is 0 Å². The maximum atomic E-state index is 8.83. The molecule has 1 rings (SSSR count). The molecule has 1 heterocycles. The molecular formula is C9H13BrN2O2. The highest BCUT2D eigenvalue weighted by Crippen LogP contribution is 2.14. The number of aliphatic hydroxyl groups excluding tert-OH is 2. The van der Waals surface area contributed by atoms with Gasteiger partial charge in [0, 0.05) is 13.1 Å². The minimum atomic E-state index is 0.0498. The number of rotatable bonds is 5. The second kappa shape index (κ2) is 5.95. The van der Waals surface area contributed by atoms with Gasteiger partial charge < -0.3 is 15.1 Å². The number of halogens is 1. The van der Waals surface area contributed by atoms with Gasteiger partial charge in [-0.25, -0.2) is 4.98 Å². The first kappa shape index (κ1) is 11.4. The molecule has 4 nitrogen and oxygen atoms in total. The Morgan fingerprint density at radius 3 is 2.36 bits per heavy atom. The van der Waals surface area contributed by atoms with E-state index in [2.05, 4.69) is 20.9 Å². The molecule has 0 fully saturated rings. The number of pyridine rings is 1. The van der Waals surface area contributed by atoms with Crippen molar-refractivity contribution in [3.05, 3.63) is 22.8 Å². The Morgan fingerprint density at radius 1 is 1.21 bits per heavy atom. The van der Waals surface area contributed by atoms with Gasteiger partial charge in [0.2, 0.25) is 0 Å². The van der Waals surface area contributed by atoms with E-state index in [1.165, 1.54) is 0 Å². The lowest BCUT2D eigenvalue weighted by Gasteiger charge is -2.21. The van der Waals surface area contributed by atoms with Crippen LogP contribution in [0.25, 0.3) is 0 Å². The van der Waals surface area contributed by atoms with E-state index in [0.29, 0.717) is 13.1 Å². The normalized spacial score (nSPS) is 10.2. The predicted molar refractivity (Wildman–Crippen MR) is 58.3 cm³/mol. The number of hydrogen-bond acceptors (Lipinski definition) is 4. The smallest absolute Gasteiger partial charge is 0.130 e. The molecule has 0 saturated carbocycles. The molecule has 2 N–H and O–H groups in total. The molecule has 0 amide bonds. The van der Waals surface area contributed by atoms with Gasteiger partial charge in [-0.05, 0) is 28.1 Å².